The molecule has 1 aliphatic rings. The van der Waals surface area contributed by atoms with E-state index in [2.05, 4.69) is 25.7 Å². The molecule has 0 unspecified atom stereocenters. The van der Waals surface area contributed by atoms with Crippen LogP contribution >= 0.6 is 0 Å². The third-order valence-corrected chi connectivity index (χ3v) is 7.13. The van der Waals surface area contributed by atoms with Gasteiger partial charge in [-0.1, -0.05) is 31.9 Å². The maximum Gasteiger partial charge on any atom is 0.305 e. The standard InChI is InChI=1S/C20H32N2O4S/c1-4-5-6-7-17-8-10-18(11-9-17)27(25,26)21-20(16-19(23)24)12-14-22(2,3)15-13-20/h8-11,21H,4-7,12-16H2,1-3H3/p+1. The number of carboxylic acids is 1. The van der Waals surface area contributed by atoms with E-state index < -0.39 is 21.5 Å². The Hall–Kier alpha value is -1.44. The van der Waals surface area contributed by atoms with Crippen molar-refractivity contribution in [3.8, 4) is 0 Å². The highest BCUT2D eigenvalue weighted by atomic mass is 32.2. The molecule has 0 aliphatic carbocycles. The van der Waals surface area contributed by atoms with Gasteiger partial charge in [0.2, 0.25) is 10.0 Å². The number of rotatable bonds is 9. The van der Waals surface area contributed by atoms with E-state index in [9.17, 15) is 18.3 Å². The summed E-state index contributed by atoms with van der Waals surface area (Å²) in [6.07, 6.45) is 5.18. The first kappa shape index (κ1) is 21.9. The summed E-state index contributed by atoms with van der Waals surface area (Å²) in [6.45, 7) is 3.64. The molecule has 2 N–H and O–H groups in total. The third kappa shape index (κ3) is 6.30. The summed E-state index contributed by atoms with van der Waals surface area (Å²) >= 11 is 0. The Balaban J connectivity index is 2.15. The van der Waals surface area contributed by atoms with Crippen LogP contribution in [0.4, 0.5) is 0 Å². The van der Waals surface area contributed by atoms with E-state index in [1.54, 1.807) is 12.1 Å². The van der Waals surface area contributed by atoms with Crippen LogP contribution in [-0.4, -0.2) is 56.7 Å². The first-order chi connectivity index (χ1) is 12.6. The van der Waals surface area contributed by atoms with Gasteiger partial charge in [0.25, 0.3) is 0 Å². The van der Waals surface area contributed by atoms with E-state index in [1.165, 1.54) is 0 Å². The fraction of sp³-hybridized carbons (Fsp3) is 0.650. The van der Waals surface area contributed by atoms with Gasteiger partial charge in [-0.3, -0.25) is 4.79 Å². The van der Waals surface area contributed by atoms with Gasteiger partial charge in [-0.2, -0.15) is 0 Å². The van der Waals surface area contributed by atoms with Crippen LogP contribution in [0.3, 0.4) is 0 Å². The number of aryl methyl sites for hydroxylation is 1. The van der Waals surface area contributed by atoms with E-state index in [-0.39, 0.29) is 11.3 Å². The molecule has 152 valence electrons. The zero-order chi connectivity index (χ0) is 20.1. The number of carbonyl (C=O) groups is 1. The van der Waals surface area contributed by atoms with Gasteiger partial charge in [0.1, 0.15) is 0 Å². The zero-order valence-corrected chi connectivity index (χ0v) is 17.5. The Morgan fingerprint density at radius 2 is 1.74 bits per heavy atom. The molecule has 0 aromatic heterocycles. The SMILES string of the molecule is CCCCCc1ccc(S(=O)(=O)NC2(CC(=O)O)CC[N+](C)(C)CC2)cc1. The van der Waals surface area contributed by atoms with Crippen LogP contribution in [0.15, 0.2) is 29.2 Å². The minimum absolute atomic E-state index is 0.193. The smallest absolute Gasteiger partial charge is 0.305 e. The summed E-state index contributed by atoms with van der Waals surface area (Å²) in [5.41, 5.74) is 0.206. The number of piperidine rings is 1. The number of unbranched alkanes of at least 4 members (excludes halogenated alkanes) is 2. The minimum Gasteiger partial charge on any atom is -0.481 e. The highest BCUT2D eigenvalue weighted by molar-refractivity contribution is 7.89. The van der Waals surface area contributed by atoms with Crippen molar-refractivity contribution in [2.45, 2.75) is 62.3 Å². The van der Waals surface area contributed by atoms with Crippen LogP contribution < -0.4 is 4.72 Å². The van der Waals surface area contributed by atoms with E-state index in [0.717, 1.165) is 48.8 Å². The second-order valence-electron chi connectivity index (χ2n) is 8.44. The zero-order valence-electron chi connectivity index (χ0n) is 16.7. The first-order valence-corrected chi connectivity index (χ1v) is 11.2. The Morgan fingerprint density at radius 3 is 2.26 bits per heavy atom. The number of hydrogen-bond donors (Lipinski definition) is 2. The second kappa shape index (κ2) is 8.71. The Morgan fingerprint density at radius 1 is 1.15 bits per heavy atom. The number of quaternary nitrogens is 1. The quantitative estimate of drug-likeness (QED) is 0.496. The Labute approximate surface area is 163 Å². The number of benzene rings is 1. The van der Waals surface area contributed by atoms with Crippen LogP contribution in [0.25, 0.3) is 0 Å². The first-order valence-electron chi connectivity index (χ1n) is 9.74. The molecule has 7 heteroatoms. The predicted octanol–water partition coefficient (Wildman–Crippen LogP) is 2.78. The highest BCUT2D eigenvalue weighted by Gasteiger charge is 2.43. The molecule has 27 heavy (non-hydrogen) atoms. The van der Waals surface area contributed by atoms with Crippen molar-refractivity contribution in [3.63, 3.8) is 0 Å². The highest BCUT2D eigenvalue weighted by Crippen LogP contribution is 2.30. The Kier molecular flexibility index (Phi) is 7.05. The number of likely N-dealkylation sites (tertiary alicyclic amines) is 1. The Bertz CT molecular complexity index is 732. The lowest BCUT2D eigenvalue weighted by atomic mass is 9.85. The molecule has 0 saturated carbocycles. The number of sulfonamides is 1. The molecule has 0 radical (unpaired) electrons. The maximum atomic E-state index is 12.9. The number of nitrogens with zero attached hydrogens (tertiary/aromatic N) is 1. The fourth-order valence-corrected chi connectivity index (χ4v) is 5.09. The van der Waals surface area contributed by atoms with Gasteiger partial charge in [0.05, 0.1) is 44.0 Å². The molecule has 1 fully saturated rings. The monoisotopic (exact) mass is 397 g/mol. The number of hydrogen-bond acceptors (Lipinski definition) is 3. The molecule has 0 spiro atoms. The van der Waals surface area contributed by atoms with Gasteiger partial charge in [-0.25, -0.2) is 13.1 Å². The lowest BCUT2D eigenvalue weighted by Crippen LogP contribution is -2.60. The van der Waals surface area contributed by atoms with Gasteiger partial charge in [0.15, 0.2) is 0 Å². The van der Waals surface area contributed by atoms with Crippen molar-refractivity contribution in [2.75, 3.05) is 27.2 Å². The normalized spacial score (nSPS) is 18.9. The summed E-state index contributed by atoms with van der Waals surface area (Å²) in [6, 6.07) is 6.96. The van der Waals surface area contributed by atoms with Gasteiger partial charge >= 0.3 is 5.97 Å². The molecular formula is C20H33N2O4S+. The van der Waals surface area contributed by atoms with E-state index >= 15 is 0 Å². The van der Waals surface area contributed by atoms with Crippen molar-refractivity contribution >= 4 is 16.0 Å². The number of nitrogens with one attached hydrogen (secondary N) is 1. The molecule has 2 rings (SSSR count). The van der Waals surface area contributed by atoms with Crippen molar-refractivity contribution in [2.24, 2.45) is 0 Å². The summed E-state index contributed by atoms with van der Waals surface area (Å²) in [4.78, 5) is 11.6. The largest absolute Gasteiger partial charge is 0.481 e. The molecule has 1 saturated heterocycles. The summed E-state index contributed by atoms with van der Waals surface area (Å²) in [5, 5.41) is 9.33. The van der Waals surface area contributed by atoms with Gasteiger partial charge in [-0.15, -0.1) is 0 Å². The lowest BCUT2D eigenvalue weighted by molar-refractivity contribution is -0.896. The van der Waals surface area contributed by atoms with Crippen molar-refractivity contribution in [1.82, 2.24) is 4.72 Å². The number of aliphatic carboxylic acids is 1. The molecule has 1 aromatic rings. The number of carboxylic acid groups (broad SMARTS) is 1. The average Bonchev–Trinajstić information content (AvgIpc) is 2.58. The minimum atomic E-state index is -3.76. The van der Waals surface area contributed by atoms with Crippen LogP contribution in [0.2, 0.25) is 0 Å². The van der Waals surface area contributed by atoms with Crippen LogP contribution in [0.5, 0.6) is 0 Å². The maximum absolute atomic E-state index is 12.9. The van der Waals surface area contributed by atoms with E-state index in [0.29, 0.717) is 12.8 Å². The fourth-order valence-electron chi connectivity index (χ4n) is 3.63. The second-order valence-corrected chi connectivity index (χ2v) is 10.1. The van der Waals surface area contributed by atoms with Crippen LogP contribution in [-0.2, 0) is 21.2 Å². The lowest BCUT2D eigenvalue weighted by Gasteiger charge is -2.44. The third-order valence-electron chi connectivity index (χ3n) is 5.53. The molecule has 6 nitrogen and oxygen atoms in total. The topological polar surface area (TPSA) is 83.5 Å². The molecule has 1 heterocycles. The van der Waals surface area contributed by atoms with E-state index in [1.807, 2.05) is 12.1 Å². The molecule has 1 aliphatic heterocycles. The predicted molar refractivity (Wildman–Crippen MR) is 106 cm³/mol. The molecular weight excluding hydrogens is 364 g/mol. The molecule has 0 bridgehead atoms. The average molecular weight is 398 g/mol. The molecule has 0 amide bonds. The van der Waals surface area contributed by atoms with Gasteiger partial charge in [0, 0.05) is 12.8 Å². The van der Waals surface area contributed by atoms with Gasteiger partial charge < -0.3 is 9.59 Å². The summed E-state index contributed by atoms with van der Waals surface area (Å²) in [7, 11) is 0.396. The van der Waals surface area contributed by atoms with Crippen molar-refractivity contribution in [1.29, 1.82) is 0 Å². The van der Waals surface area contributed by atoms with Crippen LogP contribution in [0.1, 0.15) is 51.0 Å². The molecule has 1 aromatic carbocycles. The summed E-state index contributed by atoms with van der Waals surface area (Å²) < 4.78 is 29.3. The molecule has 0 atom stereocenters. The summed E-state index contributed by atoms with van der Waals surface area (Å²) in [5.74, 6) is -0.976. The van der Waals surface area contributed by atoms with Gasteiger partial charge in [-0.05, 0) is 30.5 Å². The van der Waals surface area contributed by atoms with Crippen molar-refractivity contribution in [3.05, 3.63) is 29.8 Å². The van der Waals surface area contributed by atoms with E-state index in [4.69, 9.17) is 0 Å². The van der Waals surface area contributed by atoms with Crippen molar-refractivity contribution < 1.29 is 22.8 Å². The van der Waals surface area contributed by atoms with Crippen LogP contribution in [0, 0.1) is 0 Å².